The normalized spacial score (nSPS) is 12.0. The smallest absolute Gasteiger partial charge is 0.294 e. The number of rotatable bonds is 6. The summed E-state index contributed by atoms with van der Waals surface area (Å²) in [7, 11) is 0. The highest BCUT2D eigenvalue weighted by Gasteiger charge is 2.12. The topological polar surface area (TPSA) is 38.3 Å². The van der Waals surface area contributed by atoms with Gasteiger partial charge in [0.1, 0.15) is 0 Å². The van der Waals surface area contributed by atoms with Gasteiger partial charge in [0.25, 0.3) is 6.47 Å². The van der Waals surface area contributed by atoms with Crippen LogP contribution in [0, 0.1) is 6.07 Å². The lowest BCUT2D eigenvalue weighted by atomic mass is 10.1. The minimum Gasteiger partial charge on any atom is -0.444 e. The molecule has 0 saturated carbocycles. The van der Waals surface area contributed by atoms with E-state index in [9.17, 15) is 4.79 Å². The summed E-state index contributed by atoms with van der Waals surface area (Å²) in [4.78, 5) is 10.8. The number of benzene rings is 3. The molecule has 0 saturated heterocycles. The van der Waals surface area contributed by atoms with Crippen LogP contribution in [0.15, 0.2) is 66.7 Å². The van der Waals surface area contributed by atoms with Gasteiger partial charge in [0.2, 0.25) is 0 Å². The van der Waals surface area contributed by atoms with Gasteiger partial charge < -0.3 is 4.74 Å². The zero-order chi connectivity index (χ0) is 15.2. The number of nitrogens with one attached hydrogen (secondary N) is 1. The molecule has 0 spiro atoms. The van der Waals surface area contributed by atoms with Crippen molar-refractivity contribution < 1.29 is 9.53 Å². The second-order valence-corrected chi connectivity index (χ2v) is 5.00. The van der Waals surface area contributed by atoms with E-state index in [-0.39, 0.29) is 0 Å². The van der Waals surface area contributed by atoms with E-state index in [1.807, 2.05) is 66.7 Å². The third-order valence-corrected chi connectivity index (χ3v) is 3.51. The standard InChI is InChI=1S/C19H16NO2/c21-14-22-19(20-13-15-6-2-1-3-7-15)18-11-10-16-8-4-5-9-17(16)12-18/h1-10,12,14,19-20H,13H2. The van der Waals surface area contributed by atoms with Gasteiger partial charge in [-0.2, -0.15) is 0 Å². The molecule has 3 nitrogen and oxygen atoms in total. The Bertz CT molecular complexity index is 755. The second-order valence-electron chi connectivity index (χ2n) is 5.00. The molecule has 1 atom stereocenters. The van der Waals surface area contributed by atoms with Crippen molar-refractivity contribution in [1.82, 2.24) is 5.32 Å². The Hall–Kier alpha value is -2.65. The van der Waals surface area contributed by atoms with Crippen molar-refractivity contribution in [1.29, 1.82) is 0 Å². The highest BCUT2D eigenvalue weighted by molar-refractivity contribution is 5.82. The molecule has 3 aromatic rings. The summed E-state index contributed by atoms with van der Waals surface area (Å²) in [5.74, 6) is 0. The summed E-state index contributed by atoms with van der Waals surface area (Å²) in [6, 6.07) is 25.1. The summed E-state index contributed by atoms with van der Waals surface area (Å²) < 4.78 is 5.18. The van der Waals surface area contributed by atoms with E-state index in [0.717, 1.165) is 21.9 Å². The maximum absolute atomic E-state index is 10.8. The molecule has 0 bridgehead atoms. The zero-order valence-electron chi connectivity index (χ0n) is 12.0. The van der Waals surface area contributed by atoms with Crippen LogP contribution >= 0.6 is 0 Å². The van der Waals surface area contributed by atoms with Crippen molar-refractivity contribution in [2.24, 2.45) is 0 Å². The highest BCUT2D eigenvalue weighted by atomic mass is 16.5. The second kappa shape index (κ2) is 6.87. The molecule has 0 aromatic heterocycles. The summed E-state index contributed by atoms with van der Waals surface area (Å²) in [6.45, 7) is 1.08. The average molecular weight is 290 g/mol. The molecule has 3 aromatic carbocycles. The van der Waals surface area contributed by atoms with E-state index in [4.69, 9.17) is 4.74 Å². The van der Waals surface area contributed by atoms with Gasteiger partial charge in [-0.05, 0) is 34.5 Å². The Kier molecular flexibility index (Phi) is 4.47. The molecule has 109 valence electrons. The molecular formula is C19H16NO2. The van der Waals surface area contributed by atoms with Gasteiger partial charge in [0, 0.05) is 12.1 Å². The first-order valence-corrected chi connectivity index (χ1v) is 7.13. The quantitative estimate of drug-likeness (QED) is 0.557. The van der Waals surface area contributed by atoms with E-state index in [1.54, 1.807) is 0 Å². The number of carbonyl (C=O) groups excluding carboxylic acids is 1. The van der Waals surface area contributed by atoms with E-state index in [2.05, 4.69) is 11.4 Å². The Balaban J connectivity index is 1.80. The molecule has 1 unspecified atom stereocenters. The largest absolute Gasteiger partial charge is 0.444 e. The fourth-order valence-corrected chi connectivity index (χ4v) is 2.39. The monoisotopic (exact) mass is 290 g/mol. The highest BCUT2D eigenvalue weighted by Crippen LogP contribution is 2.20. The molecule has 1 N–H and O–H groups in total. The van der Waals surface area contributed by atoms with Crippen LogP contribution in [0.2, 0.25) is 0 Å². The van der Waals surface area contributed by atoms with Gasteiger partial charge in [-0.25, -0.2) is 0 Å². The van der Waals surface area contributed by atoms with Crippen LogP contribution in [0.25, 0.3) is 10.8 Å². The number of fused-ring (bicyclic) bond motifs is 1. The van der Waals surface area contributed by atoms with E-state index in [1.165, 1.54) is 0 Å². The molecule has 3 rings (SSSR count). The molecule has 0 aliphatic carbocycles. The molecule has 0 heterocycles. The average Bonchev–Trinajstić information content (AvgIpc) is 2.59. The Morgan fingerprint density at radius 3 is 2.55 bits per heavy atom. The van der Waals surface area contributed by atoms with E-state index < -0.39 is 6.23 Å². The third-order valence-electron chi connectivity index (χ3n) is 3.51. The van der Waals surface area contributed by atoms with Crippen molar-refractivity contribution >= 4 is 17.2 Å². The fraction of sp³-hybridized carbons (Fsp3) is 0.105. The van der Waals surface area contributed by atoms with Crippen LogP contribution in [-0.2, 0) is 16.1 Å². The van der Waals surface area contributed by atoms with Gasteiger partial charge in [0.15, 0.2) is 6.23 Å². The molecule has 3 heteroatoms. The Morgan fingerprint density at radius 1 is 1.05 bits per heavy atom. The van der Waals surface area contributed by atoms with Gasteiger partial charge >= 0.3 is 0 Å². The van der Waals surface area contributed by atoms with Crippen LogP contribution in [0.4, 0.5) is 0 Å². The van der Waals surface area contributed by atoms with Crippen LogP contribution in [0.5, 0.6) is 0 Å². The lowest BCUT2D eigenvalue weighted by molar-refractivity contribution is -0.135. The fourth-order valence-electron chi connectivity index (χ4n) is 2.39. The molecule has 0 aliphatic rings. The summed E-state index contributed by atoms with van der Waals surface area (Å²) in [6.07, 6.45) is -0.512. The Labute approximate surface area is 129 Å². The summed E-state index contributed by atoms with van der Waals surface area (Å²) >= 11 is 0. The van der Waals surface area contributed by atoms with Crippen molar-refractivity contribution in [3.05, 3.63) is 83.9 Å². The lowest BCUT2D eigenvalue weighted by Crippen LogP contribution is -2.23. The third kappa shape index (κ3) is 3.32. The predicted molar refractivity (Wildman–Crippen MR) is 86.0 cm³/mol. The molecule has 22 heavy (non-hydrogen) atoms. The van der Waals surface area contributed by atoms with Gasteiger partial charge in [-0.1, -0.05) is 54.6 Å². The van der Waals surface area contributed by atoms with Gasteiger partial charge in [0.05, 0.1) is 0 Å². The van der Waals surface area contributed by atoms with Gasteiger partial charge in [-0.15, -0.1) is 0 Å². The molecule has 1 radical (unpaired) electrons. The maximum Gasteiger partial charge on any atom is 0.294 e. The number of hydrogen-bond donors (Lipinski definition) is 1. The lowest BCUT2D eigenvalue weighted by Gasteiger charge is -2.17. The number of hydrogen-bond acceptors (Lipinski definition) is 3. The maximum atomic E-state index is 10.8. The first-order chi connectivity index (χ1) is 10.9. The van der Waals surface area contributed by atoms with Crippen LogP contribution in [0.3, 0.4) is 0 Å². The number of carbonyl (C=O) groups is 1. The van der Waals surface area contributed by atoms with Crippen LogP contribution < -0.4 is 5.32 Å². The van der Waals surface area contributed by atoms with Crippen LogP contribution in [0.1, 0.15) is 17.4 Å². The molecule has 0 aliphatic heterocycles. The predicted octanol–water partition coefficient (Wildman–Crippen LogP) is 3.60. The summed E-state index contributed by atoms with van der Waals surface area (Å²) in [5, 5.41) is 5.44. The van der Waals surface area contributed by atoms with Crippen molar-refractivity contribution in [2.45, 2.75) is 12.8 Å². The van der Waals surface area contributed by atoms with Gasteiger partial charge in [-0.3, -0.25) is 10.1 Å². The first kappa shape index (κ1) is 14.3. The van der Waals surface area contributed by atoms with E-state index >= 15 is 0 Å². The molecule has 0 amide bonds. The summed E-state index contributed by atoms with van der Waals surface area (Å²) in [5.41, 5.74) is 1.93. The van der Waals surface area contributed by atoms with Crippen molar-refractivity contribution in [3.63, 3.8) is 0 Å². The van der Waals surface area contributed by atoms with Crippen LogP contribution in [-0.4, -0.2) is 6.47 Å². The minimum absolute atomic E-state index is 0.464. The number of ether oxygens (including phenoxy) is 1. The van der Waals surface area contributed by atoms with Crippen molar-refractivity contribution in [3.8, 4) is 0 Å². The zero-order valence-corrected chi connectivity index (χ0v) is 12.0. The minimum atomic E-state index is -0.512. The van der Waals surface area contributed by atoms with E-state index in [0.29, 0.717) is 13.0 Å². The first-order valence-electron chi connectivity index (χ1n) is 7.13. The molecule has 0 fully saturated rings. The molecular weight excluding hydrogens is 274 g/mol. The SMILES string of the molecule is O=COC(NCc1ccccc1)c1[c]cc2ccccc2c1. The van der Waals surface area contributed by atoms with Crippen molar-refractivity contribution in [2.75, 3.05) is 0 Å². The Morgan fingerprint density at radius 2 is 1.77 bits per heavy atom.